The number of aromatic nitrogens is 2. The van der Waals surface area contributed by atoms with Crippen LogP contribution in [0.25, 0.3) is 33.9 Å². The minimum absolute atomic E-state index is 0.107. The Hall–Kier alpha value is -3.53. The van der Waals surface area contributed by atoms with Gasteiger partial charge in [-0.1, -0.05) is 59.7 Å². The average molecular weight is 370 g/mol. The maximum absolute atomic E-state index is 9.89. The first-order valence-corrected chi connectivity index (χ1v) is 9.16. The molecule has 2 N–H and O–H groups in total. The number of phenolic OH excluding ortho intramolecular Hbond substituents is 1. The van der Waals surface area contributed by atoms with Gasteiger partial charge in [-0.3, -0.25) is 0 Å². The number of benzene rings is 3. The van der Waals surface area contributed by atoms with Crippen molar-refractivity contribution in [2.45, 2.75) is 13.8 Å². The highest BCUT2D eigenvalue weighted by atomic mass is 16.5. The molecule has 0 spiro atoms. The number of ether oxygens (including phenoxy) is 1. The molecular weight excluding hydrogens is 348 g/mol. The van der Waals surface area contributed by atoms with Crippen LogP contribution < -0.4 is 4.74 Å². The predicted octanol–water partition coefficient (Wildman–Crippen LogP) is 5.74. The van der Waals surface area contributed by atoms with E-state index in [1.165, 1.54) is 18.2 Å². The number of H-pyrrole nitrogens is 1. The average Bonchev–Trinajstić information content (AvgIpc) is 3.15. The quantitative estimate of drug-likeness (QED) is 0.481. The van der Waals surface area contributed by atoms with E-state index in [9.17, 15) is 5.11 Å². The van der Waals surface area contributed by atoms with Crippen molar-refractivity contribution in [1.82, 2.24) is 9.97 Å². The number of nitrogens with one attached hydrogen (secondary N) is 1. The third kappa shape index (κ3) is 3.37. The largest absolute Gasteiger partial charge is 0.504 e. The Kier molecular flexibility index (Phi) is 4.62. The molecule has 0 unspecified atom stereocenters. The number of aryl methyl sites for hydroxylation is 2. The van der Waals surface area contributed by atoms with Gasteiger partial charge in [-0.2, -0.15) is 0 Å². The molecule has 0 saturated heterocycles. The molecule has 0 aliphatic rings. The Labute approximate surface area is 164 Å². The summed E-state index contributed by atoms with van der Waals surface area (Å²) in [6.45, 7) is 4.15. The van der Waals surface area contributed by atoms with E-state index in [0.717, 1.165) is 33.9 Å². The van der Waals surface area contributed by atoms with Gasteiger partial charge < -0.3 is 14.8 Å². The zero-order valence-corrected chi connectivity index (χ0v) is 16.2. The fraction of sp³-hybridized carbons (Fsp3) is 0.125. The van der Waals surface area contributed by atoms with Crippen LogP contribution >= 0.6 is 0 Å². The molecule has 0 bridgehead atoms. The van der Waals surface area contributed by atoms with Gasteiger partial charge in [-0.05, 0) is 32.0 Å². The molecular formula is C24H22N2O2. The van der Waals surface area contributed by atoms with Gasteiger partial charge in [-0.25, -0.2) is 4.98 Å². The van der Waals surface area contributed by atoms with Crippen molar-refractivity contribution >= 4 is 0 Å². The molecule has 0 atom stereocenters. The van der Waals surface area contributed by atoms with E-state index in [2.05, 4.69) is 67.4 Å². The Morgan fingerprint density at radius 3 is 1.96 bits per heavy atom. The molecule has 1 heterocycles. The van der Waals surface area contributed by atoms with Gasteiger partial charge in [0.05, 0.1) is 18.5 Å². The number of nitrogens with zero attached hydrogens (tertiary/aromatic N) is 1. The van der Waals surface area contributed by atoms with E-state index in [4.69, 9.17) is 9.72 Å². The van der Waals surface area contributed by atoms with Crippen molar-refractivity contribution < 1.29 is 9.84 Å². The molecule has 28 heavy (non-hydrogen) atoms. The van der Waals surface area contributed by atoms with Crippen LogP contribution in [0.2, 0.25) is 0 Å². The van der Waals surface area contributed by atoms with Gasteiger partial charge in [0.1, 0.15) is 5.82 Å². The molecule has 4 aromatic rings. The minimum Gasteiger partial charge on any atom is -0.504 e. The summed E-state index contributed by atoms with van der Waals surface area (Å²) in [6, 6.07) is 22.0. The van der Waals surface area contributed by atoms with Crippen molar-refractivity contribution in [3.05, 3.63) is 77.9 Å². The van der Waals surface area contributed by atoms with Gasteiger partial charge in [-0.15, -0.1) is 0 Å². The highest BCUT2D eigenvalue weighted by Gasteiger charge is 2.16. The van der Waals surface area contributed by atoms with Crippen molar-refractivity contribution in [2.75, 3.05) is 7.11 Å². The van der Waals surface area contributed by atoms with Crippen molar-refractivity contribution in [3.8, 4) is 45.4 Å². The number of imidazole rings is 1. The second-order valence-corrected chi connectivity index (χ2v) is 6.93. The van der Waals surface area contributed by atoms with Crippen LogP contribution in [0.1, 0.15) is 11.1 Å². The molecule has 0 saturated carbocycles. The molecule has 0 aliphatic carbocycles. The topological polar surface area (TPSA) is 58.1 Å². The van der Waals surface area contributed by atoms with E-state index < -0.39 is 0 Å². The molecule has 0 fully saturated rings. The fourth-order valence-electron chi connectivity index (χ4n) is 3.18. The molecule has 0 amide bonds. The zero-order chi connectivity index (χ0) is 19.7. The van der Waals surface area contributed by atoms with Crippen LogP contribution in [-0.2, 0) is 0 Å². The number of methoxy groups -OCH3 is 1. The van der Waals surface area contributed by atoms with E-state index in [0.29, 0.717) is 5.75 Å². The normalized spacial score (nSPS) is 10.8. The van der Waals surface area contributed by atoms with Gasteiger partial charge >= 0.3 is 0 Å². The van der Waals surface area contributed by atoms with Crippen LogP contribution in [0, 0.1) is 13.8 Å². The molecule has 3 aromatic carbocycles. The summed E-state index contributed by atoms with van der Waals surface area (Å²) >= 11 is 0. The highest BCUT2D eigenvalue weighted by Crippen LogP contribution is 2.35. The Balaban J connectivity index is 1.89. The molecule has 4 nitrogen and oxygen atoms in total. The number of rotatable bonds is 4. The molecule has 4 heteroatoms. The van der Waals surface area contributed by atoms with Crippen LogP contribution in [0.5, 0.6) is 11.5 Å². The number of hydrogen-bond acceptors (Lipinski definition) is 3. The number of aromatic hydroxyl groups is 1. The summed E-state index contributed by atoms with van der Waals surface area (Å²) in [5, 5.41) is 9.89. The number of hydrogen-bond donors (Lipinski definition) is 2. The summed E-state index contributed by atoms with van der Waals surface area (Å²) in [4.78, 5) is 8.36. The van der Waals surface area contributed by atoms with Crippen LogP contribution in [0.4, 0.5) is 0 Å². The Bertz CT molecular complexity index is 1050. The standard InChI is InChI=1S/C24H22N2O2/c1-15-4-8-17(9-5-15)22-23(18-10-6-16(2)7-11-18)26-24(25-22)19-12-13-20(27)21(14-19)28-3/h4-14,27H,1-3H3,(H,25,26). The lowest BCUT2D eigenvalue weighted by Crippen LogP contribution is -1.86. The molecule has 140 valence electrons. The van der Waals surface area contributed by atoms with E-state index >= 15 is 0 Å². The lowest BCUT2D eigenvalue weighted by molar-refractivity contribution is 0.373. The van der Waals surface area contributed by atoms with Crippen molar-refractivity contribution in [1.29, 1.82) is 0 Å². The Morgan fingerprint density at radius 2 is 1.36 bits per heavy atom. The first kappa shape index (κ1) is 17.9. The zero-order valence-electron chi connectivity index (χ0n) is 16.2. The lowest BCUT2D eigenvalue weighted by Gasteiger charge is -2.05. The maximum Gasteiger partial charge on any atom is 0.161 e. The highest BCUT2D eigenvalue weighted by molar-refractivity contribution is 5.81. The summed E-state index contributed by atoms with van der Waals surface area (Å²) in [6.07, 6.45) is 0. The second-order valence-electron chi connectivity index (χ2n) is 6.93. The molecule has 4 rings (SSSR count). The minimum atomic E-state index is 0.107. The first-order valence-electron chi connectivity index (χ1n) is 9.16. The second kappa shape index (κ2) is 7.24. The van der Waals surface area contributed by atoms with E-state index in [1.807, 2.05) is 6.07 Å². The van der Waals surface area contributed by atoms with Gasteiger partial charge in [0, 0.05) is 16.7 Å². The summed E-state index contributed by atoms with van der Waals surface area (Å²) < 4.78 is 5.25. The van der Waals surface area contributed by atoms with Crippen LogP contribution in [0.15, 0.2) is 66.7 Å². The molecule has 1 aromatic heterocycles. The summed E-state index contributed by atoms with van der Waals surface area (Å²) in [7, 11) is 1.54. The third-order valence-corrected chi connectivity index (χ3v) is 4.82. The van der Waals surface area contributed by atoms with E-state index in [1.54, 1.807) is 12.1 Å². The van der Waals surface area contributed by atoms with Gasteiger partial charge in [0.25, 0.3) is 0 Å². The Morgan fingerprint density at radius 1 is 0.786 bits per heavy atom. The number of phenols is 1. The summed E-state index contributed by atoms with van der Waals surface area (Å²) in [5.74, 6) is 1.25. The van der Waals surface area contributed by atoms with Crippen LogP contribution in [0.3, 0.4) is 0 Å². The van der Waals surface area contributed by atoms with Crippen molar-refractivity contribution in [3.63, 3.8) is 0 Å². The third-order valence-electron chi connectivity index (χ3n) is 4.82. The number of aromatic amines is 1. The monoisotopic (exact) mass is 370 g/mol. The smallest absolute Gasteiger partial charge is 0.161 e. The maximum atomic E-state index is 9.89. The SMILES string of the molecule is COc1cc(-c2nc(-c3ccc(C)cc3)c(-c3ccc(C)cc3)[nH]2)ccc1O. The predicted molar refractivity (Wildman–Crippen MR) is 113 cm³/mol. The van der Waals surface area contributed by atoms with E-state index in [-0.39, 0.29) is 5.75 Å². The van der Waals surface area contributed by atoms with Crippen molar-refractivity contribution in [2.24, 2.45) is 0 Å². The fourth-order valence-corrected chi connectivity index (χ4v) is 3.18. The van der Waals surface area contributed by atoms with Gasteiger partial charge in [0.15, 0.2) is 11.5 Å². The molecule has 0 radical (unpaired) electrons. The lowest BCUT2D eigenvalue weighted by atomic mass is 10.0. The molecule has 0 aliphatic heterocycles. The summed E-state index contributed by atoms with van der Waals surface area (Å²) in [5.41, 5.74) is 7.25. The van der Waals surface area contributed by atoms with Gasteiger partial charge in [0.2, 0.25) is 0 Å². The first-order chi connectivity index (χ1) is 13.5. The van der Waals surface area contributed by atoms with Crippen LogP contribution in [-0.4, -0.2) is 22.2 Å².